The molecule has 0 amide bonds. The molecule has 0 spiro atoms. The Hall–Kier alpha value is -2.76. The molecule has 2 aromatic carbocycles. The molecule has 2 rings (SSSR count). The molecule has 20 heavy (non-hydrogen) atoms. The van der Waals surface area contributed by atoms with Gasteiger partial charge < -0.3 is 5.11 Å². The quantitative estimate of drug-likeness (QED) is 0.687. The number of carbonyl (C=O) groups is 1. The normalized spacial score (nSPS) is 10.2. The predicted molar refractivity (Wildman–Crippen MR) is 69.8 cm³/mol. The van der Waals surface area contributed by atoms with Gasteiger partial charge in [-0.25, -0.2) is 4.39 Å². The fourth-order valence-corrected chi connectivity index (χ4v) is 1.85. The zero-order chi connectivity index (χ0) is 14.7. The van der Waals surface area contributed by atoms with E-state index in [0.717, 1.165) is 6.07 Å². The molecule has 0 saturated carbocycles. The zero-order valence-corrected chi connectivity index (χ0v) is 10.2. The van der Waals surface area contributed by atoms with Crippen LogP contribution in [0.15, 0.2) is 42.5 Å². The van der Waals surface area contributed by atoms with Crippen molar-refractivity contribution in [2.24, 2.45) is 0 Å². The van der Waals surface area contributed by atoms with Crippen LogP contribution < -0.4 is 0 Å². The number of hydrogen-bond donors (Lipinski definition) is 1. The van der Waals surface area contributed by atoms with Gasteiger partial charge in [0.1, 0.15) is 5.82 Å². The van der Waals surface area contributed by atoms with Crippen molar-refractivity contribution >= 4 is 11.7 Å². The van der Waals surface area contributed by atoms with E-state index in [-0.39, 0.29) is 11.3 Å². The molecule has 0 saturated heterocycles. The molecule has 0 radical (unpaired) electrons. The molecule has 0 aromatic heterocycles. The summed E-state index contributed by atoms with van der Waals surface area (Å²) in [5, 5.41) is 19.4. The van der Waals surface area contributed by atoms with Crippen LogP contribution in [-0.4, -0.2) is 16.0 Å². The number of carboxylic acid groups (broad SMARTS) is 1. The molecule has 102 valence electrons. The highest BCUT2D eigenvalue weighted by Gasteiger charge is 2.11. The number of nitro groups is 1. The molecule has 0 fully saturated rings. The number of nitro benzene ring substituents is 1. The lowest BCUT2D eigenvalue weighted by Crippen LogP contribution is -2.02. The minimum atomic E-state index is -1.14. The smallest absolute Gasteiger partial charge is 0.307 e. The van der Waals surface area contributed by atoms with Crippen LogP contribution in [0.2, 0.25) is 0 Å². The average molecular weight is 275 g/mol. The van der Waals surface area contributed by atoms with Crippen molar-refractivity contribution in [3.63, 3.8) is 0 Å². The van der Waals surface area contributed by atoms with Crippen molar-refractivity contribution in [1.82, 2.24) is 0 Å². The maximum atomic E-state index is 13.5. The van der Waals surface area contributed by atoms with Crippen LogP contribution in [0.25, 0.3) is 11.1 Å². The highest BCUT2D eigenvalue weighted by atomic mass is 19.1. The number of rotatable bonds is 4. The number of non-ortho nitro benzene ring substituents is 1. The van der Waals surface area contributed by atoms with Crippen molar-refractivity contribution in [2.75, 3.05) is 0 Å². The Bertz CT molecular complexity index is 685. The van der Waals surface area contributed by atoms with Crippen molar-refractivity contribution in [2.45, 2.75) is 6.42 Å². The van der Waals surface area contributed by atoms with E-state index in [9.17, 15) is 19.3 Å². The lowest BCUT2D eigenvalue weighted by Gasteiger charge is -2.05. The molecule has 0 aliphatic rings. The summed E-state index contributed by atoms with van der Waals surface area (Å²) in [5.74, 6) is -1.75. The Morgan fingerprint density at radius 2 is 1.90 bits per heavy atom. The first-order valence-electron chi connectivity index (χ1n) is 5.72. The Balaban J connectivity index is 2.45. The molecule has 6 heteroatoms. The van der Waals surface area contributed by atoms with Gasteiger partial charge in [-0.2, -0.15) is 0 Å². The van der Waals surface area contributed by atoms with Crippen LogP contribution in [0.4, 0.5) is 10.1 Å². The van der Waals surface area contributed by atoms with E-state index in [4.69, 9.17) is 5.11 Å². The van der Waals surface area contributed by atoms with Crippen LogP contribution in [0, 0.1) is 15.9 Å². The van der Waals surface area contributed by atoms with E-state index in [1.165, 1.54) is 30.3 Å². The third-order valence-electron chi connectivity index (χ3n) is 2.78. The van der Waals surface area contributed by atoms with E-state index >= 15 is 0 Å². The fourth-order valence-electron chi connectivity index (χ4n) is 1.85. The van der Waals surface area contributed by atoms with Gasteiger partial charge >= 0.3 is 5.97 Å². The van der Waals surface area contributed by atoms with Crippen LogP contribution in [-0.2, 0) is 11.2 Å². The second kappa shape index (κ2) is 5.48. The standard InChI is InChI=1S/C14H10FNO4/c15-13-5-4-10(6-11(13)8-14(17)18)9-2-1-3-12(7-9)16(19)20/h1-7H,8H2,(H,17,18). The predicted octanol–water partition coefficient (Wildman–Crippen LogP) is 3.03. The molecule has 2 aromatic rings. The number of halogens is 1. The first kappa shape index (κ1) is 13.7. The van der Waals surface area contributed by atoms with Gasteiger partial charge in [-0.05, 0) is 28.8 Å². The lowest BCUT2D eigenvalue weighted by atomic mass is 10.0. The summed E-state index contributed by atoms with van der Waals surface area (Å²) < 4.78 is 13.5. The monoisotopic (exact) mass is 275 g/mol. The van der Waals surface area contributed by atoms with Crippen LogP contribution in [0.5, 0.6) is 0 Å². The summed E-state index contributed by atoms with van der Waals surface area (Å²) in [6, 6.07) is 9.89. The number of hydrogen-bond acceptors (Lipinski definition) is 3. The first-order valence-corrected chi connectivity index (χ1v) is 5.72. The highest BCUT2D eigenvalue weighted by molar-refractivity contribution is 5.72. The van der Waals surface area contributed by atoms with Gasteiger partial charge in [0.15, 0.2) is 0 Å². The maximum Gasteiger partial charge on any atom is 0.307 e. The van der Waals surface area contributed by atoms with Gasteiger partial charge in [-0.1, -0.05) is 18.2 Å². The first-order chi connectivity index (χ1) is 9.47. The van der Waals surface area contributed by atoms with Crippen molar-refractivity contribution in [1.29, 1.82) is 0 Å². The zero-order valence-electron chi connectivity index (χ0n) is 10.2. The molecule has 0 bridgehead atoms. The third-order valence-corrected chi connectivity index (χ3v) is 2.78. The van der Waals surface area contributed by atoms with Crippen LogP contribution >= 0.6 is 0 Å². The molecule has 0 heterocycles. The second-order valence-electron chi connectivity index (χ2n) is 4.18. The Kier molecular flexibility index (Phi) is 3.74. The van der Waals surface area contributed by atoms with Gasteiger partial charge in [0.25, 0.3) is 5.69 Å². The second-order valence-corrected chi connectivity index (χ2v) is 4.18. The van der Waals surface area contributed by atoms with E-state index in [2.05, 4.69) is 0 Å². The van der Waals surface area contributed by atoms with Gasteiger partial charge in [-0.15, -0.1) is 0 Å². The third kappa shape index (κ3) is 2.97. The fraction of sp³-hybridized carbons (Fsp3) is 0.0714. The van der Waals surface area contributed by atoms with E-state index in [1.807, 2.05) is 0 Å². The molecule has 0 unspecified atom stereocenters. The van der Waals surface area contributed by atoms with Gasteiger partial charge in [0.2, 0.25) is 0 Å². The molecular weight excluding hydrogens is 265 g/mol. The molecule has 5 nitrogen and oxygen atoms in total. The molecule has 0 atom stereocenters. The van der Waals surface area contributed by atoms with E-state index < -0.39 is 23.1 Å². The number of nitrogens with zero attached hydrogens (tertiary/aromatic N) is 1. The number of benzene rings is 2. The summed E-state index contributed by atoms with van der Waals surface area (Å²) in [5.41, 5.74) is 1.03. The lowest BCUT2D eigenvalue weighted by molar-refractivity contribution is -0.384. The van der Waals surface area contributed by atoms with Gasteiger partial charge in [0, 0.05) is 12.1 Å². The number of aliphatic carboxylic acids is 1. The van der Waals surface area contributed by atoms with Crippen molar-refractivity contribution in [3.05, 3.63) is 64.0 Å². The van der Waals surface area contributed by atoms with Crippen molar-refractivity contribution < 1.29 is 19.2 Å². The highest BCUT2D eigenvalue weighted by Crippen LogP contribution is 2.25. The maximum absolute atomic E-state index is 13.5. The van der Waals surface area contributed by atoms with Crippen molar-refractivity contribution in [3.8, 4) is 11.1 Å². The Labute approximate surface area is 113 Å². The summed E-state index contributed by atoms with van der Waals surface area (Å²) in [7, 11) is 0. The summed E-state index contributed by atoms with van der Waals surface area (Å²) in [6.45, 7) is 0. The number of carboxylic acids is 1. The molecule has 0 aliphatic heterocycles. The average Bonchev–Trinajstić information content (AvgIpc) is 2.41. The minimum absolute atomic E-state index is 0.0431. The van der Waals surface area contributed by atoms with Gasteiger partial charge in [0.05, 0.1) is 11.3 Å². The molecule has 0 aliphatic carbocycles. The topological polar surface area (TPSA) is 80.4 Å². The summed E-state index contributed by atoms with van der Waals surface area (Å²) in [6.07, 6.45) is -0.436. The van der Waals surface area contributed by atoms with E-state index in [1.54, 1.807) is 6.07 Å². The largest absolute Gasteiger partial charge is 0.481 e. The Morgan fingerprint density at radius 1 is 1.20 bits per heavy atom. The SMILES string of the molecule is O=C(O)Cc1cc(-c2cccc([N+](=O)[O-])c2)ccc1F. The summed E-state index contributed by atoms with van der Waals surface area (Å²) in [4.78, 5) is 20.9. The molecular formula is C14H10FNO4. The van der Waals surface area contributed by atoms with Crippen LogP contribution in [0.1, 0.15) is 5.56 Å². The van der Waals surface area contributed by atoms with E-state index in [0.29, 0.717) is 11.1 Å². The minimum Gasteiger partial charge on any atom is -0.481 e. The Morgan fingerprint density at radius 3 is 2.55 bits per heavy atom. The molecule has 1 N–H and O–H groups in total. The summed E-state index contributed by atoms with van der Waals surface area (Å²) >= 11 is 0. The van der Waals surface area contributed by atoms with Crippen LogP contribution in [0.3, 0.4) is 0 Å². The van der Waals surface area contributed by atoms with Gasteiger partial charge in [-0.3, -0.25) is 14.9 Å².